The van der Waals surface area contributed by atoms with E-state index < -0.39 is 23.9 Å². The van der Waals surface area contributed by atoms with Crippen molar-refractivity contribution in [2.75, 3.05) is 24.5 Å². The first-order chi connectivity index (χ1) is 13.8. The number of carbonyl (C=O) groups is 2. The standard InChI is InChI=1S/C20H18F3N3O3/c21-20(22,23)17-11-14(7-8-24-17)26-10-9-25(12-18(26)27)19(28)16-6-5-13-3-1-2-4-15(13)29-16/h1-4,7-8,11,16H,5-6,9-10,12H2. The predicted molar refractivity (Wildman–Crippen MR) is 97.4 cm³/mol. The highest BCUT2D eigenvalue weighted by molar-refractivity contribution is 5.98. The quantitative estimate of drug-likeness (QED) is 0.771. The summed E-state index contributed by atoms with van der Waals surface area (Å²) in [6.45, 7) is 0.120. The van der Waals surface area contributed by atoms with Gasteiger partial charge in [-0.3, -0.25) is 14.6 Å². The van der Waals surface area contributed by atoms with Gasteiger partial charge in [-0.25, -0.2) is 0 Å². The maximum absolute atomic E-state index is 12.9. The molecule has 2 aromatic rings. The number of hydrogen-bond donors (Lipinski definition) is 0. The van der Waals surface area contributed by atoms with E-state index in [0.717, 1.165) is 17.8 Å². The van der Waals surface area contributed by atoms with E-state index in [9.17, 15) is 22.8 Å². The van der Waals surface area contributed by atoms with Crippen LogP contribution in [0.2, 0.25) is 0 Å². The molecular formula is C20H18F3N3O3. The second-order valence-corrected chi connectivity index (χ2v) is 6.96. The molecule has 0 bridgehead atoms. The number of amides is 2. The molecular weight excluding hydrogens is 387 g/mol. The first-order valence-corrected chi connectivity index (χ1v) is 9.20. The highest BCUT2D eigenvalue weighted by Gasteiger charge is 2.36. The second-order valence-electron chi connectivity index (χ2n) is 6.96. The maximum atomic E-state index is 12.9. The first kappa shape index (κ1) is 19.2. The van der Waals surface area contributed by atoms with E-state index in [1.807, 2.05) is 18.2 Å². The van der Waals surface area contributed by atoms with Gasteiger partial charge in [0.25, 0.3) is 5.91 Å². The molecule has 1 unspecified atom stereocenters. The first-order valence-electron chi connectivity index (χ1n) is 9.20. The molecule has 0 N–H and O–H groups in total. The van der Waals surface area contributed by atoms with E-state index >= 15 is 0 Å². The van der Waals surface area contributed by atoms with Gasteiger partial charge in [-0.2, -0.15) is 13.2 Å². The number of anilines is 1. The number of nitrogens with zero attached hydrogens (tertiary/aromatic N) is 3. The van der Waals surface area contributed by atoms with Crippen molar-refractivity contribution < 1.29 is 27.5 Å². The Balaban J connectivity index is 1.43. The average molecular weight is 405 g/mol. The summed E-state index contributed by atoms with van der Waals surface area (Å²) in [6, 6.07) is 9.69. The zero-order chi connectivity index (χ0) is 20.6. The largest absolute Gasteiger partial charge is 0.480 e. The molecule has 29 heavy (non-hydrogen) atoms. The Hall–Kier alpha value is -3.10. The van der Waals surface area contributed by atoms with Crippen LogP contribution in [0.3, 0.4) is 0 Å². The SMILES string of the molecule is O=C(C1CCc2ccccc2O1)N1CCN(c2ccnc(C(F)(F)F)c2)C(=O)C1. The number of ether oxygens (including phenoxy) is 1. The summed E-state index contributed by atoms with van der Waals surface area (Å²) < 4.78 is 44.4. The third kappa shape index (κ3) is 3.90. The van der Waals surface area contributed by atoms with Gasteiger partial charge in [-0.1, -0.05) is 18.2 Å². The summed E-state index contributed by atoms with van der Waals surface area (Å²) in [5.41, 5.74) is 0.0958. The Kier molecular flexibility index (Phi) is 4.89. The van der Waals surface area contributed by atoms with Crippen LogP contribution in [-0.4, -0.2) is 47.4 Å². The fourth-order valence-corrected chi connectivity index (χ4v) is 3.58. The molecule has 1 atom stereocenters. The summed E-state index contributed by atoms with van der Waals surface area (Å²) in [5.74, 6) is -0.0584. The number of halogens is 3. The molecule has 1 aromatic heterocycles. The number of para-hydroxylation sites is 1. The topological polar surface area (TPSA) is 62.7 Å². The minimum absolute atomic E-state index is 0.106. The molecule has 1 saturated heterocycles. The van der Waals surface area contributed by atoms with E-state index in [1.54, 1.807) is 6.07 Å². The molecule has 2 amide bonds. The zero-order valence-corrected chi connectivity index (χ0v) is 15.4. The molecule has 6 nitrogen and oxygen atoms in total. The van der Waals surface area contributed by atoms with Crippen LogP contribution >= 0.6 is 0 Å². The van der Waals surface area contributed by atoms with Gasteiger partial charge in [-0.15, -0.1) is 0 Å². The maximum Gasteiger partial charge on any atom is 0.433 e. The van der Waals surface area contributed by atoms with Gasteiger partial charge in [0.15, 0.2) is 6.10 Å². The summed E-state index contributed by atoms with van der Waals surface area (Å²) in [7, 11) is 0. The predicted octanol–water partition coefficient (Wildman–Crippen LogP) is 2.67. The molecule has 2 aliphatic rings. The number of benzene rings is 1. The van der Waals surface area contributed by atoms with Crippen LogP contribution in [0.4, 0.5) is 18.9 Å². The molecule has 0 radical (unpaired) electrons. The molecule has 9 heteroatoms. The smallest absolute Gasteiger partial charge is 0.433 e. The lowest BCUT2D eigenvalue weighted by Gasteiger charge is -2.36. The molecule has 0 saturated carbocycles. The highest BCUT2D eigenvalue weighted by atomic mass is 19.4. The minimum Gasteiger partial charge on any atom is -0.480 e. The Morgan fingerprint density at radius 3 is 2.72 bits per heavy atom. The van der Waals surface area contributed by atoms with E-state index in [1.165, 1.54) is 15.9 Å². The number of pyridine rings is 1. The fourth-order valence-electron chi connectivity index (χ4n) is 3.58. The normalized spacial score (nSPS) is 19.6. The summed E-state index contributed by atoms with van der Waals surface area (Å²) in [6.07, 6.45) is -3.01. The third-order valence-corrected chi connectivity index (χ3v) is 5.07. The van der Waals surface area contributed by atoms with E-state index in [4.69, 9.17) is 4.74 Å². The Labute approximate surface area is 164 Å². The minimum atomic E-state index is -4.59. The van der Waals surface area contributed by atoms with Crippen molar-refractivity contribution in [2.24, 2.45) is 0 Å². The van der Waals surface area contributed by atoms with Crippen molar-refractivity contribution in [3.05, 3.63) is 53.9 Å². The van der Waals surface area contributed by atoms with Gasteiger partial charge in [0.2, 0.25) is 5.91 Å². The number of fused-ring (bicyclic) bond motifs is 1. The molecule has 0 aliphatic carbocycles. The molecule has 0 spiro atoms. The zero-order valence-electron chi connectivity index (χ0n) is 15.4. The number of aryl methyl sites for hydroxylation is 1. The molecule has 1 aromatic carbocycles. The van der Waals surface area contributed by atoms with Crippen LogP contribution in [0.1, 0.15) is 17.7 Å². The molecule has 1 fully saturated rings. The van der Waals surface area contributed by atoms with Gasteiger partial charge < -0.3 is 14.5 Å². The van der Waals surface area contributed by atoms with Crippen LogP contribution in [0.5, 0.6) is 5.75 Å². The van der Waals surface area contributed by atoms with Gasteiger partial charge >= 0.3 is 6.18 Å². The Bertz CT molecular complexity index is 948. The van der Waals surface area contributed by atoms with Crippen molar-refractivity contribution in [1.82, 2.24) is 9.88 Å². The van der Waals surface area contributed by atoms with Gasteiger partial charge in [-0.05, 0) is 36.6 Å². The van der Waals surface area contributed by atoms with Crippen LogP contribution in [-0.2, 0) is 22.2 Å². The van der Waals surface area contributed by atoms with Crippen molar-refractivity contribution in [3.8, 4) is 5.75 Å². The van der Waals surface area contributed by atoms with Crippen molar-refractivity contribution in [2.45, 2.75) is 25.1 Å². The molecule has 4 rings (SSSR count). The van der Waals surface area contributed by atoms with E-state index in [-0.39, 0.29) is 31.2 Å². The van der Waals surface area contributed by atoms with Gasteiger partial charge in [0.1, 0.15) is 18.0 Å². The van der Waals surface area contributed by atoms with Crippen LogP contribution in [0.15, 0.2) is 42.6 Å². The number of aromatic nitrogens is 1. The van der Waals surface area contributed by atoms with E-state index in [2.05, 4.69) is 4.98 Å². The Morgan fingerprint density at radius 1 is 1.17 bits per heavy atom. The highest BCUT2D eigenvalue weighted by Crippen LogP contribution is 2.31. The third-order valence-electron chi connectivity index (χ3n) is 5.07. The lowest BCUT2D eigenvalue weighted by atomic mass is 10.0. The number of carbonyl (C=O) groups excluding carboxylic acids is 2. The fraction of sp³-hybridized carbons (Fsp3) is 0.350. The van der Waals surface area contributed by atoms with Crippen molar-refractivity contribution >= 4 is 17.5 Å². The lowest BCUT2D eigenvalue weighted by molar-refractivity contribution is -0.143. The molecule has 2 aliphatic heterocycles. The number of hydrogen-bond acceptors (Lipinski definition) is 4. The van der Waals surface area contributed by atoms with Gasteiger partial charge in [0.05, 0.1) is 0 Å². The monoisotopic (exact) mass is 405 g/mol. The Morgan fingerprint density at radius 2 is 1.97 bits per heavy atom. The van der Waals surface area contributed by atoms with Crippen LogP contribution in [0.25, 0.3) is 0 Å². The number of alkyl halides is 3. The molecule has 3 heterocycles. The van der Waals surface area contributed by atoms with Crippen LogP contribution < -0.4 is 9.64 Å². The lowest BCUT2D eigenvalue weighted by Crippen LogP contribution is -2.55. The number of rotatable bonds is 2. The van der Waals surface area contributed by atoms with Crippen molar-refractivity contribution in [1.29, 1.82) is 0 Å². The second kappa shape index (κ2) is 7.38. The van der Waals surface area contributed by atoms with Gasteiger partial charge in [0, 0.05) is 25.0 Å². The molecule has 152 valence electrons. The van der Waals surface area contributed by atoms with Crippen LogP contribution in [0, 0.1) is 0 Å². The van der Waals surface area contributed by atoms with E-state index in [0.29, 0.717) is 18.6 Å². The number of piperazine rings is 1. The summed E-state index contributed by atoms with van der Waals surface area (Å²) >= 11 is 0. The summed E-state index contributed by atoms with van der Waals surface area (Å²) in [5, 5.41) is 0. The average Bonchev–Trinajstić information content (AvgIpc) is 2.72. The summed E-state index contributed by atoms with van der Waals surface area (Å²) in [4.78, 5) is 31.3. The van der Waals surface area contributed by atoms with Crippen molar-refractivity contribution in [3.63, 3.8) is 0 Å².